The number of hydrogen-bond donors (Lipinski definition) is 2. The number of nitrogens with one attached hydrogen (secondary N) is 2. The number of aromatic nitrogens is 5. The van der Waals surface area contributed by atoms with Gasteiger partial charge in [-0.15, -0.1) is 0 Å². The van der Waals surface area contributed by atoms with Gasteiger partial charge in [-0.25, -0.2) is 36.5 Å². The highest BCUT2D eigenvalue weighted by Gasteiger charge is 2.43. The van der Waals surface area contributed by atoms with E-state index in [1.807, 2.05) is 0 Å². The van der Waals surface area contributed by atoms with Crippen LogP contribution in [0.5, 0.6) is 5.88 Å². The van der Waals surface area contributed by atoms with Gasteiger partial charge in [0.25, 0.3) is 17.7 Å². The highest BCUT2D eigenvalue weighted by Crippen LogP contribution is 2.41. The summed E-state index contributed by atoms with van der Waals surface area (Å²) in [6, 6.07) is -0.715. The summed E-state index contributed by atoms with van der Waals surface area (Å²) in [7, 11) is 1.29. The van der Waals surface area contributed by atoms with E-state index < -0.39 is 54.9 Å². The molecule has 232 valence electrons. The summed E-state index contributed by atoms with van der Waals surface area (Å²) in [6.07, 6.45) is 4.27. The molecule has 2 atom stereocenters. The fourth-order valence-corrected chi connectivity index (χ4v) is 5.50. The molecule has 1 aliphatic heterocycles. The number of ether oxygens (including phenoxy) is 2. The van der Waals surface area contributed by atoms with E-state index in [-0.39, 0.29) is 50.0 Å². The second-order valence-electron chi connectivity index (χ2n) is 11.2. The van der Waals surface area contributed by atoms with E-state index in [2.05, 4.69) is 35.7 Å². The van der Waals surface area contributed by atoms with E-state index in [1.54, 1.807) is 12.3 Å². The average Bonchev–Trinajstić information content (AvgIpc) is 3.50. The Hall–Kier alpha value is -4.02. The monoisotopic (exact) mass is 610 g/mol. The van der Waals surface area contributed by atoms with Gasteiger partial charge in [-0.05, 0) is 48.0 Å². The Kier molecular flexibility index (Phi) is 7.60. The van der Waals surface area contributed by atoms with Crippen LogP contribution in [0.3, 0.4) is 0 Å². The highest BCUT2D eigenvalue weighted by molar-refractivity contribution is 5.94. The van der Waals surface area contributed by atoms with Crippen molar-refractivity contribution in [1.82, 2.24) is 40.4 Å². The van der Waals surface area contributed by atoms with Gasteiger partial charge in [0, 0.05) is 18.4 Å². The second kappa shape index (κ2) is 11.2. The Morgan fingerprint density at radius 1 is 1.19 bits per heavy atom. The Bertz CT molecular complexity index is 1490. The lowest BCUT2D eigenvalue weighted by molar-refractivity contribution is -0.0542. The molecule has 6 rings (SSSR count). The largest absolute Gasteiger partial charge is 0.477 e. The SMILES string of the molecule is COc1nonc1C(=O)N[C@H](c1cn2ncc([C@@H](COC3CC3)N3CC(F)(F)CNC3=O)cc2n1)C1CCC(F)(F)CC1. The van der Waals surface area contributed by atoms with Crippen molar-refractivity contribution >= 4 is 17.6 Å². The predicted octanol–water partition coefficient (Wildman–Crippen LogP) is 3.30. The van der Waals surface area contributed by atoms with E-state index in [1.165, 1.54) is 17.8 Å². The maximum Gasteiger partial charge on any atom is 0.318 e. The first-order valence-corrected chi connectivity index (χ1v) is 14.0. The number of urea groups is 1. The van der Waals surface area contributed by atoms with Crippen molar-refractivity contribution in [1.29, 1.82) is 0 Å². The zero-order chi connectivity index (χ0) is 30.4. The molecular weight excluding hydrogens is 580 g/mol. The molecule has 3 aromatic heterocycles. The van der Waals surface area contributed by atoms with Gasteiger partial charge in [-0.2, -0.15) is 5.10 Å². The van der Waals surface area contributed by atoms with Crippen molar-refractivity contribution < 1.29 is 41.3 Å². The van der Waals surface area contributed by atoms with Crippen LogP contribution in [0.4, 0.5) is 22.4 Å². The van der Waals surface area contributed by atoms with E-state index in [9.17, 15) is 27.2 Å². The summed E-state index contributed by atoms with van der Waals surface area (Å²) in [5, 5.41) is 16.6. The van der Waals surface area contributed by atoms with Crippen molar-refractivity contribution in [2.75, 3.05) is 26.8 Å². The molecule has 0 bridgehead atoms. The number of rotatable bonds is 10. The first-order valence-electron chi connectivity index (χ1n) is 14.0. The van der Waals surface area contributed by atoms with Crippen molar-refractivity contribution in [3.05, 3.63) is 35.4 Å². The quantitative estimate of drug-likeness (QED) is 0.330. The fraction of sp³-hybridized carbons (Fsp3) is 0.615. The number of carbonyl (C=O) groups is 2. The number of nitrogens with zero attached hydrogens (tertiary/aromatic N) is 6. The third kappa shape index (κ3) is 6.35. The summed E-state index contributed by atoms with van der Waals surface area (Å²) in [5.41, 5.74) is 0.855. The van der Waals surface area contributed by atoms with Crippen molar-refractivity contribution in [3.63, 3.8) is 0 Å². The van der Waals surface area contributed by atoms with Crippen LogP contribution in [0.1, 0.15) is 72.4 Å². The third-order valence-corrected chi connectivity index (χ3v) is 8.00. The molecule has 4 heterocycles. The molecule has 0 spiro atoms. The van der Waals surface area contributed by atoms with Crippen molar-refractivity contribution in [2.24, 2.45) is 5.92 Å². The standard InChI is InChI=1S/C26H30F4N8O5/c1-41-23-21(35-43-36-23)22(39)34-20(14-4-6-25(27,28)7-5-14)17-10-38-19(33-17)8-15(9-32-38)18(11-42-16-2-3-16)37-13-26(29,30)12-31-24(37)40/h8-10,14,16,18,20H,2-7,11-13H2,1H3,(H,31,40)(H,34,39)/t18-,20+/m1/s1. The van der Waals surface area contributed by atoms with Crippen LogP contribution >= 0.6 is 0 Å². The minimum Gasteiger partial charge on any atom is -0.477 e. The average molecular weight is 611 g/mol. The molecule has 3 aliphatic rings. The summed E-state index contributed by atoms with van der Waals surface area (Å²) in [6.45, 7) is -1.55. The smallest absolute Gasteiger partial charge is 0.318 e. The molecule has 0 aromatic carbocycles. The Balaban J connectivity index is 1.31. The second-order valence-corrected chi connectivity index (χ2v) is 11.2. The number of hydrogen-bond acceptors (Lipinski definition) is 9. The minimum atomic E-state index is -3.13. The Labute approximate surface area is 242 Å². The molecule has 2 aliphatic carbocycles. The van der Waals surface area contributed by atoms with Gasteiger partial charge < -0.3 is 25.0 Å². The van der Waals surface area contributed by atoms with Crippen LogP contribution in [0.2, 0.25) is 0 Å². The van der Waals surface area contributed by atoms with Gasteiger partial charge in [-0.1, -0.05) is 0 Å². The molecule has 43 heavy (non-hydrogen) atoms. The molecule has 2 N–H and O–H groups in total. The van der Waals surface area contributed by atoms with Crippen LogP contribution in [0.15, 0.2) is 23.1 Å². The summed E-state index contributed by atoms with van der Waals surface area (Å²) >= 11 is 0. The molecule has 0 unspecified atom stereocenters. The molecule has 3 aromatic rings. The Morgan fingerprint density at radius 2 is 1.95 bits per heavy atom. The topological polar surface area (TPSA) is 149 Å². The van der Waals surface area contributed by atoms with Gasteiger partial charge in [0.15, 0.2) is 5.65 Å². The maximum atomic E-state index is 14.3. The van der Waals surface area contributed by atoms with Crippen LogP contribution in [0, 0.1) is 5.92 Å². The van der Waals surface area contributed by atoms with Crippen molar-refractivity contribution in [3.8, 4) is 5.88 Å². The van der Waals surface area contributed by atoms with Crippen LogP contribution in [-0.2, 0) is 4.74 Å². The highest BCUT2D eigenvalue weighted by atomic mass is 19.3. The zero-order valence-corrected chi connectivity index (χ0v) is 23.1. The molecule has 3 amide bonds. The number of carbonyl (C=O) groups excluding carboxylic acids is 2. The Morgan fingerprint density at radius 3 is 2.67 bits per heavy atom. The molecule has 0 radical (unpaired) electrons. The lowest BCUT2D eigenvalue weighted by Gasteiger charge is -2.38. The lowest BCUT2D eigenvalue weighted by Crippen LogP contribution is -2.58. The minimum absolute atomic E-state index is 0.0105. The molecule has 2 saturated carbocycles. The number of halogens is 4. The lowest BCUT2D eigenvalue weighted by atomic mass is 9.81. The maximum absolute atomic E-state index is 14.3. The van der Waals surface area contributed by atoms with Gasteiger partial charge in [0.2, 0.25) is 11.6 Å². The molecule has 3 fully saturated rings. The van der Waals surface area contributed by atoms with Gasteiger partial charge in [-0.3, -0.25) is 4.79 Å². The van der Waals surface area contributed by atoms with E-state index in [0.717, 1.165) is 17.7 Å². The summed E-state index contributed by atoms with van der Waals surface area (Å²) in [5.74, 6) is -7.15. The number of alkyl halides is 4. The van der Waals surface area contributed by atoms with Gasteiger partial charge in [0.05, 0.1) is 63.1 Å². The number of imidazole rings is 1. The molecule has 13 nitrogen and oxygen atoms in total. The van der Waals surface area contributed by atoms with Gasteiger partial charge >= 0.3 is 6.03 Å². The fourth-order valence-electron chi connectivity index (χ4n) is 5.50. The van der Waals surface area contributed by atoms with E-state index in [4.69, 9.17) is 9.47 Å². The third-order valence-electron chi connectivity index (χ3n) is 8.00. The molecular formula is C26H30F4N8O5. The van der Waals surface area contributed by atoms with E-state index >= 15 is 0 Å². The molecule has 17 heteroatoms. The van der Waals surface area contributed by atoms with Gasteiger partial charge in [0.1, 0.15) is 0 Å². The van der Waals surface area contributed by atoms with Crippen molar-refractivity contribution in [2.45, 2.75) is 68.6 Å². The normalized spacial score (nSPS) is 21.8. The first-order chi connectivity index (χ1) is 20.5. The molecule has 1 saturated heterocycles. The predicted molar refractivity (Wildman–Crippen MR) is 138 cm³/mol. The van der Waals surface area contributed by atoms with Crippen LogP contribution in [-0.4, -0.2) is 86.5 Å². The number of methoxy groups -OCH3 is 1. The van der Waals surface area contributed by atoms with Crippen LogP contribution in [0.25, 0.3) is 5.65 Å². The van der Waals surface area contributed by atoms with E-state index in [0.29, 0.717) is 16.9 Å². The zero-order valence-electron chi connectivity index (χ0n) is 23.1. The summed E-state index contributed by atoms with van der Waals surface area (Å²) < 4.78 is 73.5. The van der Waals surface area contributed by atoms with Crippen LogP contribution < -0.4 is 15.4 Å². The summed E-state index contributed by atoms with van der Waals surface area (Å²) in [4.78, 5) is 31.4. The first kappa shape index (κ1) is 29.1. The number of fused-ring (bicyclic) bond motifs is 1. The number of amides is 3.